The van der Waals surface area contributed by atoms with Gasteiger partial charge < -0.3 is 20.3 Å². The zero-order valence-corrected chi connectivity index (χ0v) is 19.3. The number of likely N-dealkylation sites (tertiary alicyclic amines) is 1. The highest BCUT2D eigenvalue weighted by Gasteiger charge is 2.32. The van der Waals surface area contributed by atoms with Gasteiger partial charge in [-0.1, -0.05) is 50.6 Å². The Labute approximate surface area is 191 Å². The molecule has 32 heavy (non-hydrogen) atoms. The minimum absolute atomic E-state index is 0.0161. The van der Waals surface area contributed by atoms with Crippen LogP contribution in [-0.2, 0) is 11.2 Å². The van der Waals surface area contributed by atoms with Crippen LogP contribution in [-0.4, -0.2) is 43.1 Å². The Bertz CT molecular complexity index is 862. The van der Waals surface area contributed by atoms with Gasteiger partial charge >= 0.3 is 6.03 Å². The lowest BCUT2D eigenvalue weighted by Crippen LogP contribution is -2.54. The van der Waals surface area contributed by atoms with E-state index >= 15 is 0 Å². The van der Waals surface area contributed by atoms with Crippen molar-refractivity contribution in [2.24, 2.45) is 11.8 Å². The second kappa shape index (κ2) is 11.6. The summed E-state index contributed by atoms with van der Waals surface area (Å²) in [5.41, 5.74) is 2.01. The normalized spacial score (nSPS) is 16.2. The molecule has 3 rings (SSSR count). The summed E-state index contributed by atoms with van der Waals surface area (Å²) in [6, 6.07) is 16.7. The SMILES string of the molecule is CCC(C)C(NC(=O)Nc1ccc(OC)cc1)C(=O)N1CCC(Cc2ccccc2)CC1. The highest BCUT2D eigenvalue weighted by Crippen LogP contribution is 2.23. The molecule has 2 aromatic rings. The summed E-state index contributed by atoms with van der Waals surface area (Å²) >= 11 is 0. The Kier molecular flexibility index (Phi) is 8.54. The molecule has 1 aliphatic heterocycles. The van der Waals surface area contributed by atoms with Crippen LogP contribution >= 0.6 is 0 Å². The number of ether oxygens (including phenoxy) is 1. The molecule has 1 saturated heterocycles. The van der Waals surface area contributed by atoms with Gasteiger partial charge in [-0.25, -0.2) is 4.79 Å². The molecule has 2 N–H and O–H groups in total. The van der Waals surface area contributed by atoms with E-state index < -0.39 is 6.04 Å². The summed E-state index contributed by atoms with van der Waals surface area (Å²) in [7, 11) is 1.60. The van der Waals surface area contributed by atoms with Gasteiger partial charge in [-0.15, -0.1) is 0 Å². The van der Waals surface area contributed by atoms with E-state index in [0.717, 1.165) is 44.5 Å². The van der Waals surface area contributed by atoms with Gasteiger partial charge in [0, 0.05) is 18.8 Å². The molecule has 1 fully saturated rings. The van der Waals surface area contributed by atoms with Crippen molar-refractivity contribution in [3.05, 3.63) is 60.2 Å². The number of methoxy groups -OCH3 is 1. The first kappa shape index (κ1) is 23.6. The number of amides is 3. The Morgan fingerprint density at radius 2 is 1.72 bits per heavy atom. The standard InChI is InChI=1S/C26H35N3O3/c1-4-19(2)24(28-26(31)27-22-10-12-23(32-3)13-11-22)25(30)29-16-14-21(15-17-29)18-20-8-6-5-7-9-20/h5-13,19,21,24H,4,14-18H2,1-3H3,(H2,27,28,31). The van der Waals surface area contributed by atoms with Crippen LogP contribution in [0.25, 0.3) is 0 Å². The fourth-order valence-corrected chi connectivity index (χ4v) is 4.17. The molecule has 172 valence electrons. The monoisotopic (exact) mass is 437 g/mol. The molecule has 2 atom stereocenters. The number of nitrogens with zero attached hydrogens (tertiary/aromatic N) is 1. The Hall–Kier alpha value is -3.02. The van der Waals surface area contributed by atoms with E-state index in [4.69, 9.17) is 4.74 Å². The van der Waals surface area contributed by atoms with E-state index in [1.165, 1.54) is 5.56 Å². The van der Waals surface area contributed by atoms with Crippen molar-refractivity contribution in [2.45, 2.75) is 45.6 Å². The Morgan fingerprint density at radius 3 is 2.31 bits per heavy atom. The minimum Gasteiger partial charge on any atom is -0.497 e. The maximum Gasteiger partial charge on any atom is 0.319 e. The van der Waals surface area contributed by atoms with Crippen LogP contribution in [0.15, 0.2) is 54.6 Å². The van der Waals surface area contributed by atoms with Crippen LogP contribution in [0, 0.1) is 11.8 Å². The average Bonchev–Trinajstić information content (AvgIpc) is 2.83. The molecule has 0 spiro atoms. The molecular weight excluding hydrogens is 402 g/mol. The predicted octanol–water partition coefficient (Wildman–Crippen LogP) is 4.71. The summed E-state index contributed by atoms with van der Waals surface area (Å²) in [5, 5.41) is 5.74. The third kappa shape index (κ3) is 6.49. The lowest BCUT2D eigenvalue weighted by atomic mass is 9.89. The molecule has 6 heteroatoms. The van der Waals surface area contributed by atoms with Crippen LogP contribution in [0.5, 0.6) is 5.75 Å². The van der Waals surface area contributed by atoms with E-state index in [1.807, 2.05) is 24.8 Å². The second-order valence-corrected chi connectivity index (χ2v) is 8.65. The molecule has 3 amide bonds. The molecule has 0 bridgehead atoms. The van der Waals surface area contributed by atoms with Gasteiger partial charge in [-0.05, 0) is 60.9 Å². The number of nitrogens with one attached hydrogen (secondary N) is 2. The van der Waals surface area contributed by atoms with E-state index in [9.17, 15) is 9.59 Å². The molecule has 0 radical (unpaired) electrons. The molecule has 0 aromatic heterocycles. The molecule has 0 saturated carbocycles. The van der Waals surface area contributed by atoms with E-state index in [-0.39, 0.29) is 17.9 Å². The summed E-state index contributed by atoms with van der Waals surface area (Å²) in [6.45, 7) is 5.54. The van der Waals surface area contributed by atoms with Crippen molar-refractivity contribution in [3.63, 3.8) is 0 Å². The minimum atomic E-state index is -0.538. The van der Waals surface area contributed by atoms with Gasteiger partial charge in [0.15, 0.2) is 0 Å². The molecule has 2 unspecified atom stereocenters. The third-order valence-electron chi connectivity index (χ3n) is 6.41. The van der Waals surface area contributed by atoms with Gasteiger partial charge in [-0.2, -0.15) is 0 Å². The van der Waals surface area contributed by atoms with Crippen molar-refractivity contribution in [1.29, 1.82) is 0 Å². The van der Waals surface area contributed by atoms with Crippen LogP contribution in [0.2, 0.25) is 0 Å². The number of carbonyl (C=O) groups is 2. The molecule has 6 nitrogen and oxygen atoms in total. The predicted molar refractivity (Wildman–Crippen MR) is 128 cm³/mol. The smallest absolute Gasteiger partial charge is 0.319 e. The molecule has 0 aliphatic carbocycles. The first-order chi connectivity index (χ1) is 15.5. The highest BCUT2D eigenvalue weighted by molar-refractivity contribution is 5.94. The lowest BCUT2D eigenvalue weighted by Gasteiger charge is -2.36. The zero-order valence-electron chi connectivity index (χ0n) is 19.3. The number of piperidine rings is 1. The molecule has 1 heterocycles. The molecule has 2 aromatic carbocycles. The number of benzene rings is 2. The quantitative estimate of drug-likeness (QED) is 0.628. The van der Waals surface area contributed by atoms with Gasteiger partial charge in [0.2, 0.25) is 5.91 Å². The lowest BCUT2D eigenvalue weighted by molar-refractivity contribution is -0.135. The van der Waals surface area contributed by atoms with Crippen molar-refractivity contribution in [1.82, 2.24) is 10.2 Å². The van der Waals surface area contributed by atoms with E-state index in [2.05, 4.69) is 34.9 Å². The Balaban J connectivity index is 1.55. The summed E-state index contributed by atoms with van der Waals surface area (Å²) in [6.07, 6.45) is 3.85. The number of hydrogen-bond donors (Lipinski definition) is 2. The molecule has 1 aliphatic rings. The third-order valence-corrected chi connectivity index (χ3v) is 6.41. The highest BCUT2D eigenvalue weighted by atomic mass is 16.5. The van der Waals surface area contributed by atoms with Crippen LogP contribution in [0.1, 0.15) is 38.7 Å². The molecular formula is C26H35N3O3. The van der Waals surface area contributed by atoms with Crippen molar-refractivity contribution in [3.8, 4) is 5.75 Å². The van der Waals surface area contributed by atoms with Crippen molar-refractivity contribution < 1.29 is 14.3 Å². The van der Waals surface area contributed by atoms with E-state index in [1.54, 1.807) is 31.4 Å². The number of rotatable bonds is 8. The number of urea groups is 1. The Morgan fingerprint density at radius 1 is 1.06 bits per heavy atom. The van der Waals surface area contributed by atoms with Gasteiger partial charge in [0.25, 0.3) is 0 Å². The number of hydrogen-bond acceptors (Lipinski definition) is 3. The van der Waals surface area contributed by atoms with Crippen molar-refractivity contribution in [2.75, 3.05) is 25.5 Å². The first-order valence-corrected chi connectivity index (χ1v) is 11.5. The van der Waals surface area contributed by atoms with Gasteiger partial charge in [0.1, 0.15) is 11.8 Å². The summed E-state index contributed by atoms with van der Waals surface area (Å²) < 4.78 is 5.15. The topological polar surface area (TPSA) is 70.7 Å². The van der Waals surface area contributed by atoms with Gasteiger partial charge in [0.05, 0.1) is 7.11 Å². The maximum absolute atomic E-state index is 13.3. The second-order valence-electron chi connectivity index (χ2n) is 8.65. The zero-order chi connectivity index (χ0) is 22.9. The first-order valence-electron chi connectivity index (χ1n) is 11.5. The van der Waals surface area contributed by atoms with Crippen LogP contribution in [0.4, 0.5) is 10.5 Å². The van der Waals surface area contributed by atoms with E-state index in [0.29, 0.717) is 11.6 Å². The number of anilines is 1. The van der Waals surface area contributed by atoms with Crippen LogP contribution in [0.3, 0.4) is 0 Å². The van der Waals surface area contributed by atoms with Crippen LogP contribution < -0.4 is 15.4 Å². The fourth-order valence-electron chi connectivity index (χ4n) is 4.17. The summed E-state index contributed by atoms with van der Waals surface area (Å²) in [4.78, 5) is 27.8. The van der Waals surface area contributed by atoms with Gasteiger partial charge in [-0.3, -0.25) is 4.79 Å². The summed E-state index contributed by atoms with van der Waals surface area (Å²) in [5.74, 6) is 1.38. The maximum atomic E-state index is 13.3. The fraction of sp³-hybridized carbons (Fsp3) is 0.462. The largest absolute Gasteiger partial charge is 0.497 e. The van der Waals surface area contributed by atoms with Crippen molar-refractivity contribution >= 4 is 17.6 Å². The average molecular weight is 438 g/mol. The number of carbonyl (C=O) groups excluding carboxylic acids is 2.